The van der Waals surface area contributed by atoms with Crippen molar-refractivity contribution < 1.29 is 22.3 Å². The van der Waals surface area contributed by atoms with Gasteiger partial charge in [-0.15, -0.1) is 0 Å². The van der Waals surface area contributed by atoms with E-state index in [0.717, 1.165) is 12.1 Å². The van der Waals surface area contributed by atoms with Crippen LogP contribution in [0.15, 0.2) is 47.1 Å². The number of benzene rings is 1. The van der Waals surface area contributed by atoms with Gasteiger partial charge in [0.25, 0.3) is 0 Å². The average molecular weight is 419 g/mol. The molecule has 1 aliphatic heterocycles. The highest BCUT2D eigenvalue weighted by atomic mass is 19.4. The van der Waals surface area contributed by atoms with E-state index in [0.29, 0.717) is 54.8 Å². The molecule has 0 spiro atoms. The van der Waals surface area contributed by atoms with E-state index in [-0.39, 0.29) is 12.5 Å². The number of hydrogen-bond donors (Lipinski definition) is 2. The highest BCUT2D eigenvalue weighted by Gasteiger charge is 2.30. The fourth-order valence-electron chi connectivity index (χ4n) is 3.31. The van der Waals surface area contributed by atoms with Crippen LogP contribution in [0.2, 0.25) is 0 Å². The zero-order valence-corrected chi connectivity index (χ0v) is 15.9. The Morgan fingerprint density at radius 1 is 1.10 bits per heavy atom. The molecule has 10 heteroatoms. The van der Waals surface area contributed by atoms with Gasteiger partial charge < -0.3 is 25.1 Å². The molecule has 2 aromatic heterocycles. The highest BCUT2D eigenvalue weighted by molar-refractivity contribution is 5.82. The summed E-state index contributed by atoms with van der Waals surface area (Å²) in [4.78, 5) is 10.7. The van der Waals surface area contributed by atoms with E-state index >= 15 is 0 Å². The second-order valence-corrected chi connectivity index (χ2v) is 6.76. The Morgan fingerprint density at radius 2 is 1.90 bits per heavy atom. The fraction of sp³-hybridized carbons (Fsp3) is 0.300. The molecule has 7 nitrogen and oxygen atoms in total. The summed E-state index contributed by atoms with van der Waals surface area (Å²) in [6.07, 6.45) is -2.87. The molecule has 0 atom stereocenters. The molecule has 30 heavy (non-hydrogen) atoms. The molecule has 1 fully saturated rings. The molecule has 0 radical (unpaired) electrons. The molecular formula is C20H20F3N5O2. The maximum Gasteiger partial charge on any atom is 0.416 e. The van der Waals surface area contributed by atoms with Gasteiger partial charge in [-0.25, -0.2) is 4.98 Å². The van der Waals surface area contributed by atoms with Crippen molar-refractivity contribution in [3.63, 3.8) is 0 Å². The number of furan rings is 1. The van der Waals surface area contributed by atoms with Gasteiger partial charge in [-0.3, -0.25) is 0 Å². The van der Waals surface area contributed by atoms with Crippen molar-refractivity contribution in [1.82, 2.24) is 9.97 Å². The number of nitrogens with one attached hydrogen (secondary N) is 1. The maximum absolute atomic E-state index is 13.0. The van der Waals surface area contributed by atoms with E-state index < -0.39 is 11.7 Å². The van der Waals surface area contributed by atoms with Gasteiger partial charge in [0.2, 0.25) is 5.95 Å². The van der Waals surface area contributed by atoms with E-state index in [2.05, 4.69) is 20.2 Å². The molecule has 3 heterocycles. The minimum Gasteiger partial charge on any atom is -0.463 e. The van der Waals surface area contributed by atoms with E-state index in [9.17, 15) is 13.2 Å². The highest BCUT2D eigenvalue weighted by Crippen LogP contribution is 2.36. The number of nitrogens with two attached hydrogens (primary N) is 1. The van der Waals surface area contributed by atoms with Crippen molar-refractivity contribution in [3.05, 3.63) is 53.8 Å². The van der Waals surface area contributed by atoms with Crippen LogP contribution in [0.3, 0.4) is 0 Å². The van der Waals surface area contributed by atoms with E-state index in [1.165, 1.54) is 12.3 Å². The van der Waals surface area contributed by atoms with Crippen molar-refractivity contribution in [2.24, 2.45) is 0 Å². The molecule has 158 valence electrons. The van der Waals surface area contributed by atoms with Crippen LogP contribution < -0.4 is 16.0 Å². The van der Waals surface area contributed by atoms with Crippen LogP contribution in [-0.4, -0.2) is 36.3 Å². The van der Waals surface area contributed by atoms with Gasteiger partial charge >= 0.3 is 6.18 Å². The van der Waals surface area contributed by atoms with Gasteiger partial charge in [0.05, 0.1) is 25.0 Å². The Hall–Kier alpha value is -3.27. The summed E-state index contributed by atoms with van der Waals surface area (Å²) < 4.78 is 50.0. The quantitative estimate of drug-likeness (QED) is 0.650. The van der Waals surface area contributed by atoms with Crippen molar-refractivity contribution in [1.29, 1.82) is 0 Å². The standard InChI is InChI=1S/C20H20F3N5O2/c21-20(22,23)14-4-1-3-13(11-14)12-25-18-17(28-6-9-29-10-7-28)16(26-19(24)27-18)15-5-2-8-30-15/h1-5,8,11H,6-7,9-10,12H2,(H3,24,25,26,27). The molecule has 3 N–H and O–H groups in total. The molecule has 0 saturated carbocycles. The lowest BCUT2D eigenvalue weighted by Gasteiger charge is -2.31. The number of nitrogens with zero attached hydrogens (tertiary/aromatic N) is 3. The molecule has 1 aromatic carbocycles. The first-order chi connectivity index (χ1) is 14.4. The predicted molar refractivity (Wildman–Crippen MR) is 106 cm³/mol. The summed E-state index contributed by atoms with van der Waals surface area (Å²) in [5.74, 6) is 0.978. The lowest BCUT2D eigenvalue weighted by Crippen LogP contribution is -2.37. The van der Waals surface area contributed by atoms with Gasteiger partial charge in [0, 0.05) is 19.6 Å². The summed E-state index contributed by atoms with van der Waals surface area (Å²) in [6.45, 7) is 2.43. The first-order valence-corrected chi connectivity index (χ1v) is 9.36. The van der Waals surface area contributed by atoms with Crippen LogP contribution in [0, 0.1) is 0 Å². The zero-order valence-electron chi connectivity index (χ0n) is 15.9. The molecule has 0 bridgehead atoms. The van der Waals surface area contributed by atoms with Crippen molar-refractivity contribution in [3.8, 4) is 11.5 Å². The summed E-state index contributed by atoms with van der Waals surface area (Å²) in [7, 11) is 0. The molecule has 4 rings (SSSR count). The normalized spacial score (nSPS) is 14.7. The molecule has 0 aliphatic carbocycles. The van der Waals surface area contributed by atoms with Crippen LogP contribution in [0.1, 0.15) is 11.1 Å². The number of rotatable bonds is 5. The van der Waals surface area contributed by atoms with Gasteiger partial charge in [-0.1, -0.05) is 12.1 Å². The molecule has 1 saturated heterocycles. The number of ether oxygens (including phenoxy) is 1. The summed E-state index contributed by atoms with van der Waals surface area (Å²) >= 11 is 0. The first-order valence-electron chi connectivity index (χ1n) is 9.36. The van der Waals surface area contributed by atoms with Crippen molar-refractivity contribution >= 4 is 17.5 Å². The minimum absolute atomic E-state index is 0.0324. The lowest BCUT2D eigenvalue weighted by molar-refractivity contribution is -0.137. The largest absolute Gasteiger partial charge is 0.463 e. The van der Waals surface area contributed by atoms with E-state index in [1.807, 2.05) is 0 Å². The SMILES string of the molecule is Nc1nc(NCc2cccc(C(F)(F)F)c2)c(N2CCOCC2)c(-c2ccco2)n1. The van der Waals surface area contributed by atoms with Gasteiger partial charge in [-0.05, 0) is 29.8 Å². The first kappa shape index (κ1) is 20.0. The second-order valence-electron chi connectivity index (χ2n) is 6.76. The second kappa shape index (κ2) is 8.23. The Morgan fingerprint density at radius 3 is 2.60 bits per heavy atom. The van der Waals surface area contributed by atoms with Crippen molar-refractivity contribution in [2.75, 3.05) is 42.3 Å². The third-order valence-electron chi connectivity index (χ3n) is 4.70. The third-order valence-corrected chi connectivity index (χ3v) is 4.70. The smallest absolute Gasteiger partial charge is 0.416 e. The lowest BCUT2D eigenvalue weighted by atomic mass is 10.1. The number of hydrogen-bond acceptors (Lipinski definition) is 7. The van der Waals surface area contributed by atoms with Crippen LogP contribution in [0.4, 0.5) is 30.6 Å². The number of halogens is 3. The zero-order chi connectivity index (χ0) is 21.1. The summed E-state index contributed by atoms with van der Waals surface area (Å²) in [5.41, 5.74) is 6.88. The predicted octanol–water partition coefficient (Wildman–Crippen LogP) is 3.79. The summed E-state index contributed by atoms with van der Waals surface area (Å²) in [5, 5.41) is 3.13. The fourth-order valence-corrected chi connectivity index (χ4v) is 3.31. The number of nitrogen functional groups attached to an aromatic ring is 1. The van der Waals surface area contributed by atoms with Gasteiger partial charge in [0.1, 0.15) is 11.4 Å². The van der Waals surface area contributed by atoms with Crippen LogP contribution >= 0.6 is 0 Å². The third kappa shape index (κ3) is 4.33. The Labute approximate surface area is 170 Å². The summed E-state index contributed by atoms with van der Waals surface area (Å²) in [6, 6.07) is 8.66. The maximum atomic E-state index is 13.0. The molecule has 0 amide bonds. The topological polar surface area (TPSA) is 89.4 Å². The Kier molecular flexibility index (Phi) is 5.49. The van der Waals surface area contributed by atoms with E-state index in [4.69, 9.17) is 14.9 Å². The molecule has 0 unspecified atom stereocenters. The van der Waals surface area contributed by atoms with Crippen molar-refractivity contribution in [2.45, 2.75) is 12.7 Å². The number of morpholine rings is 1. The van der Waals surface area contributed by atoms with Crippen LogP contribution in [0.25, 0.3) is 11.5 Å². The Bertz CT molecular complexity index is 1000. The Balaban J connectivity index is 1.69. The molecule has 3 aromatic rings. The molecular weight excluding hydrogens is 399 g/mol. The number of aromatic nitrogens is 2. The van der Waals surface area contributed by atoms with Gasteiger partial charge in [-0.2, -0.15) is 18.2 Å². The minimum atomic E-state index is -4.40. The van der Waals surface area contributed by atoms with Crippen LogP contribution in [0.5, 0.6) is 0 Å². The molecule has 1 aliphatic rings. The van der Waals surface area contributed by atoms with Crippen LogP contribution in [-0.2, 0) is 17.5 Å². The average Bonchev–Trinajstić information content (AvgIpc) is 3.27. The monoisotopic (exact) mass is 419 g/mol. The number of alkyl halides is 3. The van der Waals surface area contributed by atoms with Gasteiger partial charge in [0.15, 0.2) is 11.6 Å². The number of anilines is 3. The van der Waals surface area contributed by atoms with E-state index in [1.54, 1.807) is 18.2 Å².